The van der Waals surface area contributed by atoms with E-state index in [2.05, 4.69) is 12.1 Å². The van der Waals surface area contributed by atoms with Gasteiger partial charge in [0.05, 0.1) is 13.2 Å². The van der Waals surface area contributed by atoms with E-state index in [1.165, 1.54) is 11.1 Å². The lowest BCUT2D eigenvalue weighted by Gasteiger charge is -2.02. The van der Waals surface area contributed by atoms with Gasteiger partial charge in [-0.2, -0.15) is 0 Å². The fourth-order valence-electron chi connectivity index (χ4n) is 1.85. The van der Waals surface area contributed by atoms with E-state index < -0.39 is 0 Å². The van der Waals surface area contributed by atoms with Crippen molar-refractivity contribution in [3.8, 4) is 11.5 Å². The Kier molecular flexibility index (Phi) is 1.14. The molecule has 0 saturated carbocycles. The average molecular weight is 162 g/mol. The van der Waals surface area contributed by atoms with E-state index in [1.807, 2.05) is 0 Å². The van der Waals surface area contributed by atoms with Crippen LogP contribution >= 0.6 is 0 Å². The Hall–Kier alpha value is -1.18. The number of benzene rings is 1. The summed E-state index contributed by atoms with van der Waals surface area (Å²) in [6, 6.07) is 4.26. The van der Waals surface area contributed by atoms with Crippen molar-refractivity contribution in [2.75, 3.05) is 13.2 Å². The normalized spacial score (nSPS) is 18.0. The van der Waals surface area contributed by atoms with Gasteiger partial charge in [-0.15, -0.1) is 0 Å². The maximum Gasteiger partial charge on any atom is 0.123 e. The Bertz CT molecular complexity index is 271. The van der Waals surface area contributed by atoms with Crippen LogP contribution in [0.4, 0.5) is 0 Å². The van der Waals surface area contributed by atoms with Gasteiger partial charge in [-0.25, -0.2) is 0 Å². The Labute approximate surface area is 71.1 Å². The van der Waals surface area contributed by atoms with Gasteiger partial charge in [0.2, 0.25) is 0 Å². The summed E-state index contributed by atoms with van der Waals surface area (Å²) in [5, 5.41) is 0. The van der Waals surface area contributed by atoms with Crippen LogP contribution in [0.25, 0.3) is 0 Å². The molecule has 0 unspecified atom stereocenters. The van der Waals surface area contributed by atoms with Crippen molar-refractivity contribution in [3.63, 3.8) is 0 Å². The minimum atomic E-state index is 0.832. The van der Waals surface area contributed by atoms with Crippen molar-refractivity contribution in [2.45, 2.75) is 12.8 Å². The Morgan fingerprint density at radius 3 is 1.83 bits per heavy atom. The molecule has 0 atom stereocenters. The van der Waals surface area contributed by atoms with Crippen molar-refractivity contribution in [1.29, 1.82) is 0 Å². The molecule has 1 aromatic carbocycles. The highest BCUT2D eigenvalue weighted by Gasteiger charge is 2.19. The molecule has 2 aliphatic rings. The molecule has 0 bridgehead atoms. The zero-order chi connectivity index (χ0) is 7.97. The van der Waals surface area contributed by atoms with Crippen LogP contribution in [0.15, 0.2) is 12.1 Å². The minimum absolute atomic E-state index is 0.832. The zero-order valence-electron chi connectivity index (χ0n) is 6.80. The van der Waals surface area contributed by atoms with Crippen LogP contribution in [0.2, 0.25) is 0 Å². The van der Waals surface area contributed by atoms with Crippen molar-refractivity contribution >= 4 is 0 Å². The molecule has 0 spiro atoms. The number of hydrogen-bond acceptors (Lipinski definition) is 2. The Morgan fingerprint density at radius 1 is 0.833 bits per heavy atom. The quantitative estimate of drug-likeness (QED) is 0.576. The molecule has 0 saturated heterocycles. The maximum absolute atomic E-state index is 5.47. The largest absolute Gasteiger partial charge is 0.493 e. The van der Waals surface area contributed by atoms with Gasteiger partial charge in [-0.3, -0.25) is 0 Å². The summed E-state index contributed by atoms with van der Waals surface area (Å²) in [5.74, 6) is 2.14. The van der Waals surface area contributed by atoms with Gasteiger partial charge < -0.3 is 9.47 Å². The number of ether oxygens (including phenoxy) is 2. The Morgan fingerprint density at radius 2 is 1.33 bits per heavy atom. The molecule has 12 heavy (non-hydrogen) atoms. The summed E-state index contributed by atoms with van der Waals surface area (Å²) >= 11 is 0. The van der Waals surface area contributed by atoms with Gasteiger partial charge >= 0.3 is 0 Å². The molecule has 0 amide bonds. The van der Waals surface area contributed by atoms with Gasteiger partial charge in [-0.05, 0) is 12.1 Å². The summed E-state index contributed by atoms with van der Waals surface area (Å²) in [4.78, 5) is 0. The average Bonchev–Trinajstić information content (AvgIpc) is 2.64. The number of fused-ring (bicyclic) bond motifs is 2. The molecule has 0 aromatic heterocycles. The SMILES string of the molecule is c1c2c(cc3c1OCC3)OCC2. The van der Waals surface area contributed by atoms with Crippen LogP contribution in [0.1, 0.15) is 11.1 Å². The lowest BCUT2D eigenvalue weighted by atomic mass is 10.1. The third-order valence-electron chi connectivity index (χ3n) is 2.50. The first-order valence-corrected chi connectivity index (χ1v) is 4.35. The molecule has 2 heterocycles. The van der Waals surface area contributed by atoms with E-state index in [4.69, 9.17) is 9.47 Å². The van der Waals surface area contributed by atoms with Gasteiger partial charge in [0.25, 0.3) is 0 Å². The highest BCUT2D eigenvalue weighted by Crippen LogP contribution is 2.35. The molecule has 2 heteroatoms. The number of hydrogen-bond donors (Lipinski definition) is 0. The van der Waals surface area contributed by atoms with Crippen molar-refractivity contribution in [3.05, 3.63) is 23.3 Å². The molecule has 0 fully saturated rings. The summed E-state index contributed by atoms with van der Waals surface area (Å²) in [6.45, 7) is 1.66. The predicted octanol–water partition coefficient (Wildman–Crippen LogP) is 1.56. The second kappa shape index (κ2) is 2.16. The van der Waals surface area contributed by atoms with E-state index in [0.29, 0.717) is 0 Å². The molecule has 2 aliphatic heterocycles. The molecule has 2 nitrogen and oxygen atoms in total. The smallest absolute Gasteiger partial charge is 0.123 e. The third kappa shape index (κ3) is 0.750. The minimum Gasteiger partial charge on any atom is -0.493 e. The van der Waals surface area contributed by atoms with Crippen molar-refractivity contribution in [1.82, 2.24) is 0 Å². The molecule has 1 aromatic rings. The van der Waals surface area contributed by atoms with Crippen LogP contribution < -0.4 is 9.47 Å². The van der Waals surface area contributed by atoms with Crippen LogP contribution in [0.5, 0.6) is 11.5 Å². The summed E-state index contributed by atoms with van der Waals surface area (Å²) in [6.07, 6.45) is 2.07. The summed E-state index contributed by atoms with van der Waals surface area (Å²) in [7, 11) is 0. The second-order valence-corrected chi connectivity index (χ2v) is 3.26. The van der Waals surface area contributed by atoms with Crippen LogP contribution in [-0.2, 0) is 12.8 Å². The molecule has 0 aliphatic carbocycles. The Balaban J connectivity index is 2.18. The van der Waals surface area contributed by atoms with Gasteiger partial charge in [-0.1, -0.05) is 0 Å². The van der Waals surface area contributed by atoms with Crippen LogP contribution in [-0.4, -0.2) is 13.2 Å². The molecule has 0 N–H and O–H groups in total. The van der Waals surface area contributed by atoms with Crippen molar-refractivity contribution in [2.24, 2.45) is 0 Å². The highest BCUT2D eigenvalue weighted by molar-refractivity contribution is 5.49. The second-order valence-electron chi connectivity index (χ2n) is 3.26. The monoisotopic (exact) mass is 162 g/mol. The topological polar surface area (TPSA) is 18.5 Å². The summed E-state index contributed by atoms with van der Waals surface area (Å²) in [5.41, 5.74) is 2.60. The van der Waals surface area contributed by atoms with E-state index in [9.17, 15) is 0 Å². The maximum atomic E-state index is 5.47. The first kappa shape index (κ1) is 6.35. The molecule has 3 rings (SSSR count). The lowest BCUT2D eigenvalue weighted by molar-refractivity contribution is 0.356. The zero-order valence-corrected chi connectivity index (χ0v) is 6.80. The lowest BCUT2D eigenvalue weighted by Crippen LogP contribution is -1.87. The molecular formula is C10H10O2. The van der Waals surface area contributed by atoms with E-state index >= 15 is 0 Å². The number of rotatable bonds is 0. The van der Waals surface area contributed by atoms with Gasteiger partial charge in [0.1, 0.15) is 11.5 Å². The van der Waals surface area contributed by atoms with Crippen LogP contribution in [0, 0.1) is 0 Å². The molecule has 62 valence electrons. The van der Waals surface area contributed by atoms with E-state index in [0.717, 1.165) is 37.6 Å². The van der Waals surface area contributed by atoms with Crippen molar-refractivity contribution < 1.29 is 9.47 Å². The van der Waals surface area contributed by atoms with E-state index in [-0.39, 0.29) is 0 Å². The fourth-order valence-corrected chi connectivity index (χ4v) is 1.85. The van der Waals surface area contributed by atoms with Gasteiger partial charge in [0, 0.05) is 24.0 Å². The van der Waals surface area contributed by atoms with Gasteiger partial charge in [0.15, 0.2) is 0 Å². The standard InChI is InChI=1S/C10H10O2/c1-3-11-9-6-8-2-4-12-10(8)5-7(1)9/h5-6H,1-4H2. The fraction of sp³-hybridized carbons (Fsp3) is 0.400. The highest BCUT2D eigenvalue weighted by atomic mass is 16.5. The predicted molar refractivity (Wildman–Crippen MR) is 44.8 cm³/mol. The molecular weight excluding hydrogens is 152 g/mol. The third-order valence-corrected chi connectivity index (χ3v) is 2.50. The summed E-state index contributed by atoms with van der Waals surface area (Å²) < 4.78 is 10.9. The molecule has 0 radical (unpaired) electrons. The van der Waals surface area contributed by atoms with Crippen LogP contribution in [0.3, 0.4) is 0 Å². The van der Waals surface area contributed by atoms with E-state index in [1.54, 1.807) is 0 Å². The first-order valence-electron chi connectivity index (χ1n) is 4.35. The first-order chi connectivity index (χ1) is 5.93.